The van der Waals surface area contributed by atoms with Crippen molar-refractivity contribution in [3.05, 3.63) is 74.3 Å². The number of aromatic nitrogens is 1. The number of carbonyl (C=O) groups is 1. The summed E-state index contributed by atoms with van der Waals surface area (Å²) in [6, 6.07) is 15.9. The number of aromatic amines is 1. The van der Waals surface area contributed by atoms with E-state index in [4.69, 9.17) is 18.0 Å². The molecule has 0 aliphatic carbocycles. The molecule has 1 amide bonds. The smallest absolute Gasteiger partial charge is 0.223 e. The number of primary amides is 1. The molecule has 116 valence electrons. The number of fused-ring (bicyclic) bond motifs is 1. The van der Waals surface area contributed by atoms with Gasteiger partial charge < -0.3 is 10.7 Å². The number of amides is 1. The maximum absolute atomic E-state index is 11.4. The Balaban J connectivity index is 2.24. The number of carbonyl (C=O) groups excluding carboxylic acids is 1. The molecule has 0 bridgehead atoms. The molecule has 3 N–H and O–H groups in total. The van der Waals surface area contributed by atoms with Crippen LogP contribution in [0.1, 0.15) is 16.8 Å². The van der Waals surface area contributed by atoms with Crippen LogP contribution in [-0.4, -0.2) is 10.9 Å². The van der Waals surface area contributed by atoms with Crippen molar-refractivity contribution in [1.29, 1.82) is 0 Å². The second kappa shape index (κ2) is 6.64. The van der Waals surface area contributed by atoms with Gasteiger partial charge in [0.15, 0.2) is 0 Å². The normalized spacial score (nSPS) is 10.8. The molecule has 23 heavy (non-hydrogen) atoms. The molecule has 2 aromatic carbocycles. The van der Waals surface area contributed by atoms with Crippen LogP contribution in [0.3, 0.4) is 0 Å². The van der Waals surface area contributed by atoms with Crippen LogP contribution in [0.5, 0.6) is 0 Å². The number of hydrogen-bond donors (Lipinski definition) is 2. The third-order valence-electron chi connectivity index (χ3n) is 3.74. The Kier molecular flexibility index (Phi) is 4.59. The molecule has 5 heteroatoms. The molecule has 0 unspecified atom stereocenters. The molecule has 1 aromatic heterocycles. The van der Waals surface area contributed by atoms with E-state index in [2.05, 4.69) is 20.9 Å². The first-order chi connectivity index (χ1) is 11.1. The van der Waals surface area contributed by atoms with E-state index < -0.39 is 0 Å². The highest BCUT2D eigenvalue weighted by atomic mass is 79.9. The zero-order valence-electron chi connectivity index (χ0n) is 12.3. The summed E-state index contributed by atoms with van der Waals surface area (Å²) in [5.41, 5.74) is 9.19. The van der Waals surface area contributed by atoms with Gasteiger partial charge in [-0.05, 0) is 23.3 Å². The molecule has 1 heterocycles. The SMILES string of the molecule is NC(=O)Cc1[nH]c2cccc(Br)c2c(=S)c1Cc1ccccc1. The Labute approximate surface area is 147 Å². The lowest BCUT2D eigenvalue weighted by Crippen LogP contribution is -2.16. The number of nitrogens with one attached hydrogen (secondary N) is 1. The van der Waals surface area contributed by atoms with Crippen molar-refractivity contribution in [2.45, 2.75) is 12.8 Å². The fourth-order valence-electron chi connectivity index (χ4n) is 2.70. The quantitative estimate of drug-likeness (QED) is 0.657. The average Bonchev–Trinajstić information content (AvgIpc) is 2.51. The van der Waals surface area contributed by atoms with Gasteiger partial charge in [-0.25, -0.2) is 0 Å². The van der Waals surface area contributed by atoms with Crippen LogP contribution in [0.25, 0.3) is 10.9 Å². The van der Waals surface area contributed by atoms with E-state index >= 15 is 0 Å². The van der Waals surface area contributed by atoms with Gasteiger partial charge in [0.25, 0.3) is 0 Å². The molecular weight excluding hydrogens is 372 g/mol. The largest absolute Gasteiger partial charge is 0.369 e. The lowest BCUT2D eigenvalue weighted by molar-refractivity contribution is -0.117. The van der Waals surface area contributed by atoms with Gasteiger partial charge in [-0.3, -0.25) is 4.79 Å². The standard InChI is InChI=1S/C18H15BrN2OS/c19-13-7-4-8-14-17(13)18(23)12(15(21-14)10-16(20)22)9-11-5-2-1-3-6-11/h1-8H,9-10H2,(H2,20,22)(H,21,23). The van der Waals surface area contributed by atoms with Gasteiger partial charge >= 0.3 is 0 Å². The number of rotatable bonds is 4. The summed E-state index contributed by atoms with van der Waals surface area (Å²) in [4.78, 5) is 14.8. The van der Waals surface area contributed by atoms with Gasteiger partial charge in [0.05, 0.1) is 10.9 Å². The molecule has 3 nitrogen and oxygen atoms in total. The summed E-state index contributed by atoms with van der Waals surface area (Å²) in [5.74, 6) is -0.376. The van der Waals surface area contributed by atoms with Crippen LogP contribution in [0.4, 0.5) is 0 Å². The van der Waals surface area contributed by atoms with Crippen LogP contribution >= 0.6 is 28.1 Å². The van der Waals surface area contributed by atoms with Crippen molar-refractivity contribution in [2.75, 3.05) is 0 Å². The van der Waals surface area contributed by atoms with Gasteiger partial charge in [0.1, 0.15) is 0 Å². The van der Waals surface area contributed by atoms with Crippen molar-refractivity contribution >= 4 is 45.0 Å². The van der Waals surface area contributed by atoms with E-state index in [9.17, 15) is 4.79 Å². The third kappa shape index (κ3) is 3.35. The second-order valence-electron chi connectivity index (χ2n) is 5.38. The highest BCUT2D eigenvalue weighted by Gasteiger charge is 2.13. The Morgan fingerprint density at radius 2 is 1.87 bits per heavy atom. The van der Waals surface area contributed by atoms with Crippen LogP contribution in [0, 0.1) is 4.51 Å². The lowest BCUT2D eigenvalue weighted by Gasteiger charge is -2.13. The predicted octanol–water partition coefficient (Wildman–Crippen LogP) is 4.28. The van der Waals surface area contributed by atoms with Gasteiger partial charge in [-0.2, -0.15) is 0 Å². The van der Waals surface area contributed by atoms with Gasteiger partial charge in [0.2, 0.25) is 5.91 Å². The van der Waals surface area contributed by atoms with Crippen LogP contribution < -0.4 is 5.73 Å². The Morgan fingerprint density at radius 1 is 1.13 bits per heavy atom. The first kappa shape index (κ1) is 15.9. The highest BCUT2D eigenvalue weighted by molar-refractivity contribution is 9.10. The molecule has 0 spiro atoms. The maximum Gasteiger partial charge on any atom is 0.223 e. The molecule has 0 aliphatic heterocycles. The van der Waals surface area contributed by atoms with Crippen LogP contribution in [-0.2, 0) is 17.6 Å². The van der Waals surface area contributed by atoms with E-state index in [0.29, 0.717) is 6.42 Å². The number of H-pyrrole nitrogens is 1. The Morgan fingerprint density at radius 3 is 2.57 bits per heavy atom. The number of pyridine rings is 1. The summed E-state index contributed by atoms with van der Waals surface area (Å²) in [7, 11) is 0. The van der Waals surface area contributed by atoms with E-state index in [-0.39, 0.29) is 12.3 Å². The van der Waals surface area contributed by atoms with Crippen LogP contribution in [0.15, 0.2) is 53.0 Å². The van der Waals surface area contributed by atoms with Crippen molar-refractivity contribution < 1.29 is 4.79 Å². The number of halogens is 1. The molecule has 0 saturated heterocycles. The first-order valence-electron chi connectivity index (χ1n) is 7.20. The molecule has 3 aromatic rings. The molecule has 0 atom stereocenters. The summed E-state index contributed by atoms with van der Waals surface area (Å²) >= 11 is 9.28. The van der Waals surface area contributed by atoms with Crippen molar-refractivity contribution in [2.24, 2.45) is 5.73 Å². The topological polar surface area (TPSA) is 58.9 Å². The lowest BCUT2D eigenvalue weighted by atomic mass is 9.99. The minimum atomic E-state index is -0.376. The van der Waals surface area contributed by atoms with Gasteiger partial charge in [0, 0.05) is 27.5 Å². The molecule has 0 saturated carbocycles. The summed E-state index contributed by atoms with van der Waals surface area (Å²) in [6.07, 6.45) is 0.810. The average molecular weight is 387 g/mol. The summed E-state index contributed by atoms with van der Waals surface area (Å²) in [5, 5.41) is 0.960. The van der Waals surface area contributed by atoms with E-state index in [1.807, 2.05) is 48.5 Å². The maximum atomic E-state index is 11.4. The molecule has 3 rings (SSSR count). The first-order valence-corrected chi connectivity index (χ1v) is 8.41. The van der Waals surface area contributed by atoms with E-state index in [0.717, 1.165) is 36.7 Å². The van der Waals surface area contributed by atoms with Gasteiger partial charge in [-0.1, -0.05) is 64.5 Å². The fraction of sp³-hybridized carbons (Fsp3) is 0.111. The molecule has 0 aliphatic rings. The van der Waals surface area contributed by atoms with Crippen molar-refractivity contribution in [3.8, 4) is 0 Å². The zero-order valence-corrected chi connectivity index (χ0v) is 14.7. The number of benzene rings is 2. The summed E-state index contributed by atoms with van der Waals surface area (Å²) < 4.78 is 1.70. The third-order valence-corrected chi connectivity index (χ3v) is 4.85. The van der Waals surface area contributed by atoms with E-state index in [1.165, 1.54) is 0 Å². The Bertz CT molecular complexity index is 935. The Hall–Kier alpha value is -1.98. The van der Waals surface area contributed by atoms with Gasteiger partial charge in [-0.15, -0.1) is 0 Å². The second-order valence-corrected chi connectivity index (χ2v) is 6.64. The summed E-state index contributed by atoms with van der Waals surface area (Å²) in [6.45, 7) is 0. The zero-order chi connectivity index (χ0) is 16.4. The highest BCUT2D eigenvalue weighted by Crippen LogP contribution is 2.28. The molecular formula is C18H15BrN2OS. The molecule has 0 fully saturated rings. The minimum Gasteiger partial charge on any atom is -0.369 e. The minimum absolute atomic E-state index is 0.147. The number of hydrogen-bond acceptors (Lipinski definition) is 2. The van der Waals surface area contributed by atoms with Crippen molar-refractivity contribution in [1.82, 2.24) is 4.98 Å². The van der Waals surface area contributed by atoms with Crippen LogP contribution in [0.2, 0.25) is 0 Å². The predicted molar refractivity (Wildman–Crippen MR) is 99.0 cm³/mol. The van der Waals surface area contributed by atoms with E-state index in [1.54, 1.807) is 0 Å². The van der Waals surface area contributed by atoms with Crippen molar-refractivity contribution in [3.63, 3.8) is 0 Å². The monoisotopic (exact) mass is 386 g/mol. The number of nitrogens with two attached hydrogens (primary N) is 1. The fourth-order valence-corrected chi connectivity index (χ4v) is 3.81. The molecule has 0 radical (unpaired) electrons.